The van der Waals surface area contributed by atoms with Crippen LogP contribution in [0.2, 0.25) is 0 Å². The first kappa shape index (κ1) is 6.04. The van der Waals surface area contributed by atoms with E-state index in [1.54, 1.807) is 0 Å². The Morgan fingerprint density at radius 1 is 1.50 bits per heavy atom. The molecular weight excluding hydrogens is 192 g/mol. The molecule has 52 valence electrons. The average Bonchev–Trinajstić information content (AvgIpc) is 2.34. The van der Waals surface area contributed by atoms with E-state index in [-0.39, 0.29) is 0 Å². The summed E-state index contributed by atoms with van der Waals surface area (Å²) in [6.07, 6.45) is 6.14. The van der Waals surface area contributed by atoms with Crippen molar-refractivity contribution in [2.75, 3.05) is 11.9 Å². The molecule has 0 bridgehead atoms. The second kappa shape index (κ2) is 2.16. The molecule has 1 aliphatic rings. The van der Waals surface area contributed by atoms with Crippen molar-refractivity contribution in [1.82, 2.24) is 4.98 Å². The lowest BCUT2D eigenvalue weighted by Crippen LogP contribution is -2.02. The predicted octanol–water partition coefficient (Wildman–Crippen LogP) is 2.22. The van der Waals surface area contributed by atoms with Gasteiger partial charge in [-0.2, -0.15) is 0 Å². The maximum Gasteiger partial charge on any atom is 0.112 e. The predicted molar refractivity (Wildman–Crippen MR) is 46.0 cm³/mol. The summed E-state index contributed by atoms with van der Waals surface area (Å²) in [4.78, 5) is 3.12. The molecule has 0 radical (unpaired) electrons. The Morgan fingerprint density at radius 3 is 3.20 bits per heavy atom. The van der Waals surface area contributed by atoms with Crippen molar-refractivity contribution in [2.24, 2.45) is 0 Å². The third kappa shape index (κ3) is 0.778. The van der Waals surface area contributed by atoms with Crippen molar-refractivity contribution in [3.8, 4) is 0 Å². The van der Waals surface area contributed by atoms with Gasteiger partial charge in [0.05, 0.1) is 0 Å². The van der Waals surface area contributed by atoms with Crippen molar-refractivity contribution in [3.63, 3.8) is 0 Å². The Hall–Kier alpha value is -0.700. The van der Waals surface area contributed by atoms with E-state index in [1.807, 2.05) is 6.20 Å². The van der Waals surface area contributed by atoms with Crippen molar-refractivity contribution < 1.29 is 0 Å². The van der Waals surface area contributed by atoms with E-state index in [9.17, 15) is 0 Å². The van der Waals surface area contributed by atoms with E-state index < -0.39 is 0 Å². The SMILES string of the molecule is Brc1c[nH]c2c1C=CCN2. The maximum absolute atomic E-state index is 3.43. The van der Waals surface area contributed by atoms with Crippen LogP contribution in [-0.2, 0) is 0 Å². The molecule has 0 amide bonds. The molecule has 0 aromatic carbocycles. The molecule has 0 atom stereocenters. The molecule has 10 heavy (non-hydrogen) atoms. The van der Waals surface area contributed by atoms with Crippen LogP contribution in [0.5, 0.6) is 0 Å². The summed E-state index contributed by atoms with van der Waals surface area (Å²) in [7, 11) is 0. The Kier molecular flexibility index (Phi) is 1.31. The molecule has 0 fully saturated rings. The van der Waals surface area contributed by atoms with Gasteiger partial charge in [0.15, 0.2) is 0 Å². The third-order valence-electron chi connectivity index (χ3n) is 1.55. The fourth-order valence-corrected chi connectivity index (χ4v) is 1.50. The van der Waals surface area contributed by atoms with Crippen LogP contribution in [0.4, 0.5) is 5.82 Å². The number of fused-ring (bicyclic) bond motifs is 1. The number of H-pyrrole nitrogens is 1. The van der Waals surface area contributed by atoms with Crippen LogP contribution >= 0.6 is 15.9 Å². The zero-order valence-electron chi connectivity index (χ0n) is 5.32. The van der Waals surface area contributed by atoms with Gasteiger partial charge >= 0.3 is 0 Å². The van der Waals surface area contributed by atoms with E-state index in [0.29, 0.717) is 0 Å². The van der Waals surface area contributed by atoms with Gasteiger partial charge in [-0.1, -0.05) is 12.2 Å². The lowest BCUT2D eigenvalue weighted by molar-refractivity contribution is 1.25. The summed E-state index contributed by atoms with van der Waals surface area (Å²) in [6, 6.07) is 0. The van der Waals surface area contributed by atoms with Crippen molar-refractivity contribution in [3.05, 3.63) is 22.3 Å². The minimum Gasteiger partial charge on any atom is -0.368 e. The molecule has 0 unspecified atom stereocenters. The zero-order chi connectivity index (χ0) is 6.97. The van der Waals surface area contributed by atoms with E-state index in [2.05, 4.69) is 38.4 Å². The Morgan fingerprint density at radius 2 is 2.40 bits per heavy atom. The number of nitrogens with one attached hydrogen (secondary N) is 2. The number of rotatable bonds is 0. The molecule has 3 heteroatoms. The molecule has 1 aromatic rings. The second-order valence-corrected chi connectivity index (χ2v) is 3.06. The van der Waals surface area contributed by atoms with Gasteiger partial charge in [0.1, 0.15) is 5.82 Å². The molecule has 1 aromatic heterocycles. The fourth-order valence-electron chi connectivity index (χ4n) is 1.06. The van der Waals surface area contributed by atoms with Gasteiger partial charge in [0.25, 0.3) is 0 Å². The Balaban J connectivity index is 2.57. The van der Waals surface area contributed by atoms with Crippen molar-refractivity contribution in [1.29, 1.82) is 0 Å². The summed E-state index contributed by atoms with van der Waals surface area (Å²) in [5.74, 6) is 1.11. The first-order chi connectivity index (χ1) is 4.88. The Labute approximate surface area is 67.5 Å². The van der Waals surface area contributed by atoms with Crippen molar-refractivity contribution >= 4 is 27.8 Å². The van der Waals surface area contributed by atoms with Gasteiger partial charge in [-0.05, 0) is 15.9 Å². The van der Waals surface area contributed by atoms with Crippen LogP contribution in [0.25, 0.3) is 6.08 Å². The molecule has 0 saturated heterocycles. The summed E-state index contributed by atoms with van der Waals surface area (Å²) in [5, 5.41) is 3.21. The highest BCUT2D eigenvalue weighted by atomic mass is 79.9. The number of aromatic nitrogens is 1. The third-order valence-corrected chi connectivity index (χ3v) is 2.21. The highest BCUT2D eigenvalue weighted by Gasteiger charge is 2.07. The average molecular weight is 199 g/mol. The summed E-state index contributed by atoms with van der Waals surface area (Å²) in [5.41, 5.74) is 1.21. The summed E-state index contributed by atoms with van der Waals surface area (Å²) >= 11 is 3.43. The van der Waals surface area contributed by atoms with Crippen LogP contribution in [0.3, 0.4) is 0 Å². The molecular formula is C7H7BrN2. The summed E-state index contributed by atoms with van der Waals surface area (Å²) < 4.78 is 1.12. The van der Waals surface area contributed by atoms with Crippen molar-refractivity contribution in [2.45, 2.75) is 0 Å². The molecule has 2 rings (SSSR count). The lowest BCUT2D eigenvalue weighted by Gasteiger charge is -2.06. The number of hydrogen-bond donors (Lipinski definition) is 2. The van der Waals surface area contributed by atoms with Gasteiger partial charge in [0.2, 0.25) is 0 Å². The normalized spacial score (nSPS) is 14.5. The lowest BCUT2D eigenvalue weighted by atomic mass is 10.2. The minimum absolute atomic E-state index is 0.917. The van der Waals surface area contributed by atoms with Crippen LogP contribution in [0.1, 0.15) is 5.56 Å². The maximum atomic E-state index is 3.43. The van der Waals surface area contributed by atoms with Gasteiger partial charge in [-0.25, -0.2) is 0 Å². The zero-order valence-corrected chi connectivity index (χ0v) is 6.90. The summed E-state index contributed by atoms with van der Waals surface area (Å²) in [6.45, 7) is 0.917. The molecule has 1 aliphatic heterocycles. The van der Waals surface area contributed by atoms with Gasteiger partial charge in [-0.15, -0.1) is 0 Å². The first-order valence-corrected chi connectivity index (χ1v) is 3.94. The number of hydrogen-bond acceptors (Lipinski definition) is 1. The number of halogens is 1. The smallest absolute Gasteiger partial charge is 0.112 e. The highest BCUT2D eigenvalue weighted by Crippen LogP contribution is 2.27. The molecule has 0 spiro atoms. The molecule has 2 nitrogen and oxygen atoms in total. The Bertz CT molecular complexity index is 275. The van der Waals surface area contributed by atoms with Crippen LogP contribution in [0, 0.1) is 0 Å². The highest BCUT2D eigenvalue weighted by molar-refractivity contribution is 9.10. The van der Waals surface area contributed by atoms with Crippen LogP contribution < -0.4 is 5.32 Å². The largest absolute Gasteiger partial charge is 0.368 e. The quantitative estimate of drug-likeness (QED) is 0.658. The monoisotopic (exact) mass is 198 g/mol. The molecule has 2 N–H and O–H groups in total. The van der Waals surface area contributed by atoms with Gasteiger partial charge < -0.3 is 10.3 Å². The van der Waals surface area contributed by atoms with Crippen LogP contribution in [-0.4, -0.2) is 11.5 Å². The number of anilines is 1. The van der Waals surface area contributed by atoms with E-state index in [4.69, 9.17) is 0 Å². The van der Waals surface area contributed by atoms with Crippen LogP contribution in [0.15, 0.2) is 16.7 Å². The molecule has 2 heterocycles. The number of aromatic amines is 1. The molecule has 0 saturated carbocycles. The van der Waals surface area contributed by atoms with E-state index in [1.165, 1.54) is 5.56 Å². The fraction of sp³-hybridized carbons (Fsp3) is 0.143. The minimum atomic E-state index is 0.917. The van der Waals surface area contributed by atoms with E-state index >= 15 is 0 Å². The second-order valence-electron chi connectivity index (χ2n) is 2.21. The first-order valence-electron chi connectivity index (χ1n) is 3.15. The standard InChI is InChI=1S/C7H7BrN2/c8-6-4-10-7-5(6)2-1-3-9-7/h1-2,4,9-10H,3H2. The topological polar surface area (TPSA) is 27.8 Å². The van der Waals surface area contributed by atoms with E-state index in [0.717, 1.165) is 16.8 Å². The molecule has 0 aliphatic carbocycles. The van der Waals surface area contributed by atoms with Gasteiger partial charge in [-0.3, -0.25) is 0 Å². The van der Waals surface area contributed by atoms with Gasteiger partial charge in [0, 0.05) is 22.8 Å².